The number of carbonyl (C=O) groups excluding carboxylic acids is 1. The molecule has 0 aliphatic rings. The van der Waals surface area contributed by atoms with Crippen molar-refractivity contribution in [1.29, 1.82) is 0 Å². The van der Waals surface area contributed by atoms with Gasteiger partial charge in [-0.1, -0.05) is 41.1 Å². The van der Waals surface area contributed by atoms with E-state index in [9.17, 15) is 18.0 Å². The molecular weight excluding hydrogens is 408 g/mol. The Bertz CT molecular complexity index is 1270. The molecule has 0 saturated carbocycles. The third-order valence-electron chi connectivity index (χ3n) is 5.31. The third-order valence-corrected chi connectivity index (χ3v) is 7.34. The van der Waals surface area contributed by atoms with Gasteiger partial charge >= 0.3 is 0 Å². The van der Waals surface area contributed by atoms with Crippen molar-refractivity contribution < 1.29 is 18.4 Å². The fourth-order valence-electron chi connectivity index (χ4n) is 3.05. The summed E-state index contributed by atoms with van der Waals surface area (Å²) in [6.07, 6.45) is 0.628. The molecular formula is C20H22N4O5S. The van der Waals surface area contributed by atoms with Crippen molar-refractivity contribution in [1.82, 2.24) is 20.5 Å². The number of aryl methyl sites for hydroxylation is 2. The highest BCUT2D eigenvalue weighted by molar-refractivity contribution is 7.92. The molecule has 2 N–H and O–H groups in total. The van der Waals surface area contributed by atoms with E-state index in [1.165, 1.54) is 12.4 Å². The summed E-state index contributed by atoms with van der Waals surface area (Å²) in [5.41, 5.74) is 4.34. The van der Waals surface area contributed by atoms with Gasteiger partial charge in [0.05, 0.1) is 5.39 Å². The van der Waals surface area contributed by atoms with E-state index in [4.69, 9.17) is 5.21 Å². The number of aromatic nitrogens is 3. The van der Waals surface area contributed by atoms with E-state index in [2.05, 4.69) is 10.3 Å². The minimum absolute atomic E-state index is 0.168. The third kappa shape index (κ3) is 3.96. The van der Waals surface area contributed by atoms with Crippen LogP contribution in [0.15, 0.2) is 47.3 Å². The van der Waals surface area contributed by atoms with E-state index in [0.717, 1.165) is 27.6 Å². The van der Waals surface area contributed by atoms with Crippen LogP contribution in [0.5, 0.6) is 0 Å². The molecule has 0 aliphatic heterocycles. The first-order valence-corrected chi connectivity index (χ1v) is 11.0. The number of benzene rings is 2. The van der Waals surface area contributed by atoms with Gasteiger partial charge in [0.2, 0.25) is 0 Å². The summed E-state index contributed by atoms with van der Waals surface area (Å²) < 4.78 is 23.2. The molecule has 1 amide bonds. The zero-order valence-electron chi connectivity index (χ0n) is 16.8. The summed E-state index contributed by atoms with van der Waals surface area (Å²) in [5, 5.41) is 17.2. The van der Waals surface area contributed by atoms with Gasteiger partial charge in [0.1, 0.15) is 5.52 Å². The zero-order chi connectivity index (χ0) is 22.1. The molecule has 10 heteroatoms. The minimum Gasteiger partial charge on any atom is -0.289 e. The Morgan fingerprint density at radius 2 is 1.80 bits per heavy atom. The molecule has 0 bridgehead atoms. The fraction of sp³-hybridized carbons (Fsp3) is 0.300. The Labute approximate surface area is 173 Å². The average molecular weight is 430 g/mol. The van der Waals surface area contributed by atoms with Crippen LogP contribution in [0, 0.1) is 6.92 Å². The van der Waals surface area contributed by atoms with E-state index >= 15 is 0 Å². The van der Waals surface area contributed by atoms with E-state index in [1.54, 1.807) is 18.2 Å². The maximum atomic E-state index is 12.8. The van der Waals surface area contributed by atoms with Crippen LogP contribution in [0.1, 0.15) is 18.9 Å². The fourth-order valence-corrected chi connectivity index (χ4v) is 3.90. The molecule has 0 fully saturated rings. The van der Waals surface area contributed by atoms with E-state index in [1.807, 2.05) is 31.2 Å². The number of sulfone groups is 1. The Morgan fingerprint density at radius 1 is 1.17 bits per heavy atom. The quantitative estimate of drug-likeness (QED) is 0.447. The lowest BCUT2D eigenvalue weighted by molar-refractivity contribution is -0.131. The zero-order valence-corrected chi connectivity index (χ0v) is 17.6. The molecule has 0 saturated heterocycles. The SMILES string of the molecule is Cc1ccc(-c2ccc3c(=O)n(CC[C@@](C)(C(=O)NO)S(C)(=O)=O)nnc3c2)cc1. The average Bonchev–Trinajstić information content (AvgIpc) is 2.72. The van der Waals surface area contributed by atoms with Crippen LogP contribution < -0.4 is 11.0 Å². The summed E-state index contributed by atoms with van der Waals surface area (Å²) in [6, 6.07) is 13.1. The second-order valence-corrected chi connectivity index (χ2v) is 9.86. The molecule has 1 aromatic heterocycles. The highest BCUT2D eigenvalue weighted by Gasteiger charge is 2.43. The summed E-state index contributed by atoms with van der Waals surface area (Å²) in [5.74, 6) is -1.07. The topological polar surface area (TPSA) is 131 Å². The molecule has 3 rings (SSSR count). The lowest BCUT2D eigenvalue weighted by Crippen LogP contribution is -2.50. The standard InChI is InChI=1S/C20H22N4O5S/c1-13-4-6-14(7-5-13)15-8-9-16-17(12-15)21-23-24(18(16)25)11-10-20(2,19(26)22-27)30(3,28)29/h4-9,12,27H,10-11H2,1-3H3,(H,22,26)/t20-/m0/s1. The molecule has 30 heavy (non-hydrogen) atoms. The Hall–Kier alpha value is -3.11. The molecule has 0 aliphatic carbocycles. The molecule has 158 valence electrons. The molecule has 2 aromatic carbocycles. The van der Waals surface area contributed by atoms with Crippen LogP contribution in [0.4, 0.5) is 0 Å². The lowest BCUT2D eigenvalue weighted by Gasteiger charge is -2.24. The largest absolute Gasteiger partial charge is 0.289 e. The van der Waals surface area contributed by atoms with Crippen molar-refractivity contribution in [3.63, 3.8) is 0 Å². The van der Waals surface area contributed by atoms with E-state index in [-0.39, 0.29) is 13.0 Å². The number of hydrogen-bond acceptors (Lipinski definition) is 7. The number of amides is 1. The maximum absolute atomic E-state index is 12.8. The molecule has 3 aromatic rings. The van der Waals surface area contributed by atoms with E-state index < -0.39 is 26.1 Å². The van der Waals surface area contributed by atoms with Gasteiger partial charge in [0, 0.05) is 12.8 Å². The normalized spacial score (nSPS) is 13.7. The Balaban J connectivity index is 1.94. The van der Waals surface area contributed by atoms with Crippen LogP contribution in [0.2, 0.25) is 0 Å². The Morgan fingerprint density at radius 3 is 2.40 bits per heavy atom. The number of nitrogens with one attached hydrogen (secondary N) is 1. The van der Waals surface area contributed by atoms with Gasteiger partial charge in [-0.15, -0.1) is 5.10 Å². The van der Waals surface area contributed by atoms with Gasteiger partial charge in [-0.25, -0.2) is 18.6 Å². The van der Waals surface area contributed by atoms with Crippen molar-refractivity contribution >= 4 is 26.6 Å². The molecule has 0 radical (unpaired) electrons. The van der Waals surface area contributed by atoms with Gasteiger partial charge in [-0.2, -0.15) is 0 Å². The van der Waals surface area contributed by atoms with Gasteiger partial charge in [-0.3, -0.25) is 14.8 Å². The van der Waals surface area contributed by atoms with Crippen molar-refractivity contribution in [2.75, 3.05) is 6.26 Å². The highest BCUT2D eigenvalue weighted by atomic mass is 32.2. The number of rotatable bonds is 6. The van der Waals surface area contributed by atoms with Crippen molar-refractivity contribution in [3.05, 3.63) is 58.4 Å². The Kier molecular flexibility index (Phi) is 5.73. The number of hydroxylamine groups is 1. The summed E-state index contributed by atoms with van der Waals surface area (Å²) in [6.45, 7) is 3.01. The second-order valence-electron chi connectivity index (χ2n) is 7.41. The highest BCUT2D eigenvalue weighted by Crippen LogP contribution is 2.23. The maximum Gasteiger partial charge on any atom is 0.277 e. The van der Waals surface area contributed by atoms with Crippen LogP contribution in [0.25, 0.3) is 22.0 Å². The van der Waals surface area contributed by atoms with Crippen molar-refractivity contribution in [3.8, 4) is 11.1 Å². The first kappa shape index (κ1) is 21.6. The van der Waals surface area contributed by atoms with Crippen molar-refractivity contribution in [2.24, 2.45) is 0 Å². The van der Waals surface area contributed by atoms with Gasteiger partial charge in [0.15, 0.2) is 14.6 Å². The first-order valence-electron chi connectivity index (χ1n) is 9.15. The van der Waals surface area contributed by atoms with Crippen molar-refractivity contribution in [2.45, 2.75) is 31.6 Å². The van der Waals surface area contributed by atoms with Crippen LogP contribution in [-0.2, 0) is 21.2 Å². The smallest absolute Gasteiger partial charge is 0.277 e. The van der Waals surface area contributed by atoms with E-state index in [0.29, 0.717) is 10.9 Å². The molecule has 0 spiro atoms. The van der Waals surface area contributed by atoms with Crippen LogP contribution in [0.3, 0.4) is 0 Å². The number of carbonyl (C=O) groups is 1. The van der Waals surface area contributed by atoms with Crippen LogP contribution >= 0.6 is 0 Å². The molecule has 1 heterocycles. The van der Waals surface area contributed by atoms with Gasteiger partial charge in [-0.05, 0) is 43.5 Å². The van der Waals surface area contributed by atoms with Gasteiger partial charge in [0.25, 0.3) is 11.5 Å². The number of nitrogens with zero attached hydrogens (tertiary/aromatic N) is 3. The first-order chi connectivity index (χ1) is 14.1. The number of fused-ring (bicyclic) bond motifs is 1. The number of hydrogen-bond donors (Lipinski definition) is 2. The lowest BCUT2D eigenvalue weighted by atomic mass is 10.0. The monoisotopic (exact) mass is 430 g/mol. The predicted molar refractivity (Wildman–Crippen MR) is 112 cm³/mol. The van der Waals surface area contributed by atoms with Crippen LogP contribution in [-0.4, -0.2) is 45.5 Å². The summed E-state index contributed by atoms with van der Waals surface area (Å²) in [7, 11) is -3.88. The molecule has 1 atom stereocenters. The summed E-state index contributed by atoms with van der Waals surface area (Å²) >= 11 is 0. The predicted octanol–water partition coefficient (Wildman–Crippen LogP) is 1.47. The summed E-state index contributed by atoms with van der Waals surface area (Å²) in [4.78, 5) is 24.7. The minimum atomic E-state index is -3.88. The molecule has 9 nitrogen and oxygen atoms in total. The second kappa shape index (κ2) is 7.96. The van der Waals surface area contributed by atoms with Gasteiger partial charge < -0.3 is 0 Å². The molecule has 0 unspecified atom stereocenters.